The molecule has 0 spiro atoms. The van der Waals surface area contributed by atoms with Gasteiger partial charge in [0.25, 0.3) is 0 Å². The lowest BCUT2D eigenvalue weighted by molar-refractivity contribution is -0.148. The Kier molecular flexibility index (Phi) is 6.30. The Morgan fingerprint density at radius 3 is 2.55 bits per heavy atom. The third-order valence-corrected chi connectivity index (χ3v) is 5.68. The second kappa shape index (κ2) is 8.72. The highest BCUT2D eigenvalue weighted by molar-refractivity contribution is 5.97. The van der Waals surface area contributed by atoms with Gasteiger partial charge in [0.2, 0.25) is 5.91 Å². The van der Waals surface area contributed by atoms with Crippen LogP contribution in [0.2, 0.25) is 0 Å². The summed E-state index contributed by atoms with van der Waals surface area (Å²) in [6.07, 6.45) is 2.92. The molecule has 0 atom stereocenters. The van der Waals surface area contributed by atoms with Crippen LogP contribution in [0.3, 0.4) is 0 Å². The molecule has 156 valence electrons. The molecule has 1 aromatic heterocycles. The van der Waals surface area contributed by atoms with Gasteiger partial charge in [0.05, 0.1) is 19.6 Å². The van der Waals surface area contributed by atoms with Crippen molar-refractivity contribution in [3.05, 3.63) is 35.1 Å². The molecule has 1 aliphatic rings. The van der Waals surface area contributed by atoms with Crippen molar-refractivity contribution in [2.45, 2.75) is 40.5 Å². The van der Waals surface area contributed by atoms with Crippen molar-refractivity contribution >= 4 is 28.4 Å². The third kappa shape index (κ3) is 4.31. The number of methoxy groups -OCH3 is 1. The van der Waals surface area contributed by atoms with Gasteiger partial charge in [0.15, 0.2) is 0 Å². The van der Waals surface area contributed by atoms with Crippen LogP contribution in [0.1, 0.15) is 43.6 Å². The highest BCUT2D eigenvalue weighted by Crippen LogP contribution is 2.35. The quantitative estimate of drug-likeness (QED) is 0.555. The first-order valence-electron chi connectivity index (χ1n) is 10.1. The number of nitrogens with zero attached hydrogens (tertiary/aromatic N) is 1. The van der Waals surface area contributed by atoms with Crippen molar-refractivity contribution in [3.63, 3.8) is 0 Å². The Bertz CT molecular complexity index is 948. The van der Waals surface area contributed by atoms with Gasteiger partial charge < -0.3 is 18.8 Å². The van der Waals surface area contributed by atoms with E-state index in [2.05, 4.69) is 0 Å². The van der Waals surface area contributed by atoms with Crippen LogP contribution < -0.4 is 4.74 Å². The number of carbonyl (C=O) groups excluding carboxylic acids is 2. The van der Waals surface area contributed by atoms with Gasteiger partial charge in [-0.05, 0) is 57.7 Å². The van der Waals surface area contributed by atoms with Gasteiger partial charge in [0, 0.05) is 36.2 Å². The number of carbonyl (C=O) groups is 2. The molecule has 29 heavy (non-hydrogen) atoms. The molecule has 6 heteroatoms. The van der Waals surface area contributed by atoms with Crippen LogP contribution in [0, 0.1) is 19.8 Å². The number of hydrogen-bond acceptors (Lipinski definition) is 5. The van der Waals surface area contributed by atoms with Gasteiger partial charge in [0.1, 0.15) is 17.1 Å². The van der Waals surface area contributed by atoms with E-state index in [0.717, 1.165) is 33.4 Å². The summed E-state index contributed by atoms with van der Waals surface area (Å²) in [6.45, 7) is 9.47. The molecule has 0 unspecified atom stereocenters. The Hall–Kier alpha value is -2.76. The summed E-state index contributed by atoms with van der Waals surface area (Å²) in [7, 11) is 1.40. The van der Waals surface area contributed by atoms with E-state index in [4.69, 9.17) is 13.9 Å². The number of hydrogen-bond donors (Lipinski definition) is 0. The molecular formula is C23H29NO5. The number of piperidine rings is 1. The number of rotatable bonds is 5. The van der Waals surface area contributed by atoms with Crippen LogP contribution in [0.25, 0.3) is 16.5 Å². The standard InChI is InChI=1S/C23H29NO5/c1-6-28-20-13-21-19(15(3)16(4)29-21)12-18(20)14(2)11-22(25)24-9-7-17(8-10-24)23(26)27-5/h11-13,17H,6-10H2,1-5H3/b14-11+. The predicted octanol–water partition coefficient (Wildman–Crippen LogP) is 4.26. The number of ether oxygens (including phenoxy) is 2. The van der Waals surface area contributed by atoms with E-state index in [-0.39, 0.29) is 17.8 Å². The number of aryl methyl sites for hydroxylation is 2. The van der Waals surface area contributed by atoms with E-state index < -0.39 is 0 Å². The van der Waals surface area contributed by atoms with Gasteiger partial charge in [-0.1, -0.05) is 0 Å². The van der Waals surface area contributed by atoms with E-state index >= 15 is 0 Å². The predicted molar refractivity (Wildman–Crippen MR) is 112 cm³/mol. The molecule has 0 aliphatic carbocycles. The maximum absolute atomic E-state index is 12.8. The number of allylic oxidation sites excluding steroid dienone is 1. The Morgan fingerprint density at radius 1 is 1.24 bits per heavy atom. The monoisotopic (exact) mass is 399 g/mol. The molecule has 0 N–H and O–H groups in total. The maximum Gasteiger partial charge on any atom is 0.308 e. The lowest BCUT2D eigenvalue weighted by atomic mass is 9.96. The lowest BCUT2D eigenvalue weighted by Gasteiger charge is -2.30. The number of benzene rings is 1. The van der Waals surface area contributed by atoms with Gasteiger partial charge in [-0.2, -0.15) is 0 Å². The zero-order valence-electron chi connectivity index (χ0n) is 17.8. The van der Waals surface area contributed by atoms with Crippen LogP contribution >= 0.6 is 0 Å². The van der Waals surface area contributed by atoms with Crippen LogP contribution in [0.4, 0.5) is 0 Å². The number of esters is 1. The van der Waals surface area contributed by atoms with Crippen LogP contribution in [-0.4, -0.2) is 43.6 Å². The minimum atomic E-state index is -0.191. The van der Waals surface area contributed by atoms with Crippen LogP contribution in [-0.2, 0) is 14.3 Å². The second-order valence-electron chi connectivity index (χ2n) is 7.51. The van der Waals surface area contributed by atoms with Crippen molar-refractivity contribution in [2.75, 3.05) is 26.8 Å². The van der Waals surface area contributed by atoms with Crippen molar-refractivity contribution in [1.82, 2.24) is 4.90 Å². The molecule has 0 saturated carbocycles. The van der Waals surface area contributed by atoms with E-state index in [1.54, 1.807) is 11.0 Å². The highest BCUT2D eigenvalue weighted by atomic mass is 16.5. The molecule has 0 bridgehead atoms. The molecule has 1 amide bonds. The summed E-state index contributed by atoms with van der Waals surface area (Å²) in [5, 5.41) is 1.03. The fourth-order valence-corrected chi connectivity index (χ4v) is 3.81. The molecule has 2 heterocycles. The minimum absolute atomic E-state index is 0.0477. The molecule has 1 aromatic carbocycles. The van der Waals surface area contributed by atoms with E-state index in [0.29, 0.717) is 38.3 Å². The normalized spacial score (nSPS) is 15.6. The van der Waals surface area contributed by atoms with E-state index in [1.165, 1.54) is 7.11 Å². The van der Waals surface area contributed by atoms with Gasteiger partial charge in [-0.25, -0.2) is 0 Å². The summed E-state index contributed by atoms with van der Waals surface area (Å²) < 4.78 is 16.5. The molecular weight excluding hydrogens is 370 g/mol. The SMILES string of the molecule is CCOc1cc2oc(C)c(C)c2cc1/C(C)=C/C(=O)N1CCC(C(=O)OC)CC1. The fourth-order valence-electron chi connectivity index (χ4n) is 3.81. The average molecular weight is 399 g/mol. The molecule has 1 saturated heterocycles. The van der Waals surface area contributed by atoms with Gasteiger partial charge in [-0.3, -0.25) is 9.59 Å². The molecule has 2 aromatic rings. The summed E-state index contributed by atoms with van der Waals surface area (Å²) in [5.74, 6) is 1.23. The van der Waals surface area contributed by atoms with E-state index in [9.17, 15) is 9.59 Å². The maximum atomic E-state index is 12.8. The first-order chi connectivity index (χ1) is 13.8. The third-order valence-electron chi connectivity index (χ3n) is 5.68. The number of likely N-dealkylation sites (tertiary alicyclic amines) is 1. The fraction of sp³-hybridized carbons (Fsp3) is 0.478. The lowest BCUT2D eigenvalue weighted by Crippen LogP contribution is -2.39. The first-order valence-corrected chi connectivity index (χ1v) is 10.1. The first kappa shape index (κ1) is 21.0. The van der Waals surface area contributed by atoms with Crippen molar-refractivity contribution < 1.29 is 23.5 Å². The van der Waals surface area contributed by atoms with Crippen LogP contribution in [0.15, 0.2) is 22.6 Å². The van der Waals surface area contributed by atoms with Crippen molar-refractivity contribution in [3.8, 4) is 5.75 Å². The Balaban J connectivity index is 1.84. The molecule has 0 radical (unpaired) electrons. The zero-order chi connectivity index (χ0) is 21.1. The average Bonchev–Trinajstić information content (AvgIpc) is 3.00. The summed E-state index contributed by atoms with van der Waals surface area (Å²) >= 11 is 0. The highest BCUT2D eigenvalue weighted by Gasteiger charge is 2.27. The Labute approximate surface area is 171 Å². The molecule has 1 aliphatic heterocycles. The van der Waals surface area contributed by atoms with Crippen LogP contribution in [0.5, 0.6) is 5.75 Å². The number of furan rings is 1. The number of fused-ring (bicyclic) bond motifs is 1. The zero-order valence-corrected chi connectivity index (χ0v) is 17.8. The number of amides is 1. The van der Waals surface area contributed by atoms with E-state index in [1.807, 2.05) is 39.8 Å². The molecule has 1 fully saturated rings. The van der Waals surface area contributed by atoms with Gasteiger partial charge in [-0.15, -0.1) is 0 Å². The van der Waals surface area contributed by atoms with Crippen molar-refractivity contribution in [2.24, 2.45) is 5.92 Å². The van der Waals surface area contributed by atoms with Crippen molar-refractivity contribution in [1.29, 1.82) is 0 Å². The summed E-state index contributed by atoms with van der Waals surface area (Å²) in [5.41, 5.74) is 3.61. The second-order valence-corrected chi connectivity index (χ2v) is 7.51. The summed E-state index contributed by atoms with van der Waals surface area (Å²) in [4.78, 5) is 26.3. The smallest absolute Gasteiger partial charge is 0.308 e. The largest absolute Gasteiger partial charge is 0.493 e. The van der Waals surface area contributed by atoms with Gasteiger partial charge >= 0.3 is 5.97 Å². The minimum Gasteiger partial charge on any atom is -0.493 e. The molecule has 6 nitrogen and oxygen atoms in total. The summed E-state index contributed by atoms with van der Waals surface area (Å²) in [6, 6.07) is 3.94. The topological polar surface area (TPSA) is 69.0 Å². The Morgan fingerprint density at radius 2 is 1.93 bits per heavy atom. The molecule has 3 rings (SSSR count).